The molecule has 9 heteroatoms. The van der Waals surface area contributed by atoms with Crippen molar-refractivity contribution in [1.82, 2.24) is 25.7 Å². The fourth-order valence-corrected chi connectivity index (χ4v) is 3.69. The number of carbonyl (C=O) groups is 1. The molecule has 0 saturated carbocycles. The number of nitrogens with one attached hydrogen (secondary N) is 2. The van der Waals surface area contributed by atoms with Gasteiger partial charge in [0.2, 0.25) is 10.1 Å². The van der Waals surface area contributed by atoms with Crippen molar-refractivity contribution in [2.45, 2.75) is 19.0 Å². The molecule has 1 saturated heterocycles. The third kappa shape index (κ3) is 4.37. The Balaban J connectivity index is 1.30. The maximum absolute atomic E-state index is 12.3. The molecule has 1 aromatic carbocycles. The van der Waals surface area contributed by atoms with Crippen molar-refractivity contribution in [2.24, 2.45) is 0 Å². The number of hydrogen-bond acceptors (Lipinski definition) is 8. The lowest BCUT2D eigenvalue weighted by Crippen LogP contribution is -2.26. The monoisotopic (exact) mass is 381 g/mol. The molecule has 2 aromatic heterocycles. The van der Waals surface area contributed by atoms with E-state index in [-0.39, 0.29) is 11.9 Å². The fraction of sp³-hybridized carbons (Fsp3) is 0.278. The second-order valence-electron chi connectivity index (χ2n) is 6.24. The van der Waals surface area contributed by atoms with Gasteiger partial charge in [0.1, 0.15) is 0 Å². The summed E-state index contributed by atoms with van der Waals surface area (Å²) in [6.07, 6.45) is 2.63. The van der Waals surface area contributed by atoms with Crippen LogP contribution in [0.25, 0.3) is 0 Å². The van der Waals surface area contributed by atoms with Gasteiger partial charge in [-0.05, 0) is 24.1 Å². The first kappa shape index (κ1) is 17.3. The SMILES string of the molecule is O=C(NCc1ccccc1)c1nnc(N[C@@H]2CCN(c3cccnn3)C2)s1. The Morgan fingerprint density at radius 1 is 1.15 bits per heavy atom. The smallest absolute Gasteiger partial charge is 0.282 e. The standard InChI is InChI=1S/C18H19N7OS/c26-16(19-11-13-5-2-1-3-6-13)17-23-24-18(27-17)21-14-8-10-25(12-14)15-7-4-9-20-22-15/h1-7,9,14H,8,10-12H2,(H,19,26)(H,21,24)/t14-/m1/s1. The number of carbonyl (C=O) groups excluding carboxylic acids is 1. The summed E-state index contributed by atoms with van der Waals surface area (Å²) in [6, 6.07) is 13.8. The van der Waals surface area contributed by atoms with Crippen LogP contribution in [-0.2, 0) is 6.54 Å². The van der Waals surface area contributed by atoms with Gasteiger partial charge in [-0.3, -0.25) is 4.79 Å². The van der Waals surface area contributed by atoms with E-state index in [4.69, 9.17) is 0 Å². The minimum atomic E-state index is -0.211. The van der Waals surface area contributed by atoms with Crippen molar-refractivity contribution in [1.29, 1.82) is 0 Å². The lowest BCUT2D eigenvalue weighted by Gasteiger charge is -2.16. The molecule has 3 aromatic rings. The van der Waals surface area contributed by atoms with E-state index in [0.29, 0.717) is 16.7 Å². The van der Waals surface area contributed by atoms with Crippen molar-refractivity contribution >= 4 is 28.2 Å². The van der Waals surface area contributed by atoms with Crippen LogP contribution in [0.2, 0.25) is 0 Å². The average Bonchev–Trinajstić information content (AvgIpc) is 3.38. The summed E-state index contributed by atoms with van der Waals surface area (Å²) in [5.41, 5.74) is 1.05. The Bertz CT molecular complexity index is 887. The predicted octanol–water partition coefficient (Wildman–Crippen LogP) is 1.95. The Labute approximate surface area is 160 Å². The van der Waals surface area contributed by atoms with Gasteiger partial charge in [0.15, 0.2) is 5.82 Å². The molecule has 0 bridgehead atoms. The summed E-state index contributed by atoms with van der Waals surface area (Å²) in [5, 5.41) is 23.4. The first-order valence-electron chi connectivity index (χ1n) is 8.73. The molecule has 0 spiro atoms. The lowest BCUT2D eigenvalue weighted by atomic mass is 10.2. The van der Waals surface area contributed by atoms with Crippen LogP contribution in [-0.4, -0.2) is 45.4 Å². The van der Waals surface area contributed by atoms with Crippen LogP contribution in [0.1, 0.15) is 21.8 Å². The molecule has 1 atom stereocenters. The van der Waals surface area contributed by atoms with Crippen LogP contribution in [0.15, 0.2) is 48.7 Å². The minimum absolute atomic E-state index is 0.211. The number of amides is 1. The van der Waals surface area contributed by atoms with Crippen molar-refractivity contribution in [3.63, 3.8) is 0 Å². The van der Waals surface area contributed by atoms with Gasteiger partial charge in [0.05, 0.1) is 0 Å². The van der Waals surface area contributed by atoms with Crippen LogP contribution in [0.5, 0.6) is 0 Å². The Kier molecular flexibility index (Phi) is 5.20. The number of anilines is 2. The summed E-state index contributed by atoms with van der Waals surface area (Å²) in [7, 11) is 0. The van der Waals surface area contributed by atoms with E-state index in [1.807, 2.05) is 42.5 Å². The third-order valence-corrected chi connectivity index (χ3v) is 5.17. The molecule has 1 aliphatic rings. The highest BCUT2D eigenvalue weighted by Gasteiger charge is 2.25. The summed E-state index contributed by atoms with van der Waals surface area (Å²) >= 11 is 1.27. The molecule has 1 aliphatic heterocycles. The first-order valence-corrected chi connectivity index (χ1v) is 9.54. The molecule has 138 valence electrons. The number of hydrogen-bond donors (Lipinski definition) is 2. The van der Waals surface area contributed by atoms with Crippen molar-refractivity contribution < 1.29 is 4.79 Å². The van der Waals surface area contributed by atoms with E-state index in [9.17, 15) is 4.79 Å². The van der Waals surface area contributed by atoms with Gasteiger partial charge in [-0.15, -0.1) is 15.3 Å². The van der Waals surface area contributed by atoms with Gasteiger partial charge in [-0.25, -0.2) is 0 Å². The van der Waals surface area contributed by atoms with E-state index in [0.717, 1.165) is 30.9 Å². The van der Waals surface area contributed by atoms with Gasteiger partial charge >= 0.3 is 0 Å². The quantitative estimate of drug-likeness (QED) is 0.674. The number of rotatable bonds is 6. The molecule has 2 N–H and O–H groups in total. The number of aromatic nitrogens is 4. The van der Waals surface area contributed by atoms with E-state index in [1.54, 1.807) is 6.20 Å². The zero-order chi connectivity index (χ0) is 18.5. The number of nitrogens with zero attached hydrogens (tertiary/aromatic N) is 5. The first-order chi connectivity index (χ1) is 13.3. The summed E-state index contributed by atoms with van der Waals surface area (Å²) < 4.78 is 0. The molecule has 8 nitrogen and oxygen atoms in total. The van der Waals surface area contributed by atoms with Gasteiger partial charge in [-0.1, -0.05) is 41.7 Å². The van der Waals surface area contributed by atoms with Crippen LogP contribution in [0.3, 0.4) is 0 Å². The topological polar surface area (TPSA) is 95.9 Å². The second-order valence-corrected chi connectivity index (χ2v) is 7.22. The maximum Gasteiger partial charge on any atom is 0.282 e. The molecule has 0 aliphatic carbocycles. The Morgan fingerprint density at radius 2 is 2.04 bits per heavy atom. The van der Waals surface area contributed by atoms with E-state index in [2.05, 4.69) is 35.9 Å². The van der Waals surface area contributed by atoms with Crippen LogP contribution in [0.4, 0.5) is 10.9 Å². The summed E-state index contributed by atoms with van der Waals surface area (Å²) in [6.45, 7) is 2.19. The van der Waals surface area contributed by atoms with Crippen molar-refractivity contribution in [2.75, 3.05) is 23.3 Å². The van der Waals surface area contributed by atoms with Crippen LogP contribution in [0, 0.1) is 0 Å². The average molecular weight is 381 g/mol. The van der Waals surface area contributed by atoms with E-state index in [1.165, 1.54) is 11.3 Å². The predicted molar refractivity (Wildman–Crippen MR) is 104 cm³/mol. The number of benzene rings is 1. The second kappa shape index (κ2) is 8.09. The van der Waals surface area contributed by atoms with E-state index >= 15 is 0 Å². The molecule has 27 heavy (non-hydrogen) atoms. The molecule has 1 fully saturated rings. The van der Waals surface area contributed by atoms with E-state index < -0.39 is 0 Å². The van der Waals surface area contributed by atoms with Crippen LogP contribution < -0.4 is 15.5 Å². The van der Waals surface area contributed by atoms with Crippen molar-refractivity contribution in [3.8, 4) is 0 Å². The molecule has 4 rings (SSSR count). The fourth-order valence-electron chi connectivity index (χ4n) is 2.95. The highest BCUT2D eigenvalue weighted by molar-refractivity contribution is 7.17. The minimum Gasteiger partial charge on any atom is -0.355 e. The normalized spacial score (nSPS) is 16.3. The largest absolute Gasteiger partial charge is 0.355 e. The molecule has 0 unspecified atom stereocenters. The maximum atomic E-state index is 12.3. The van der Waals surface area contributed by atoms with Gasteiger partial charge in [0, 0.05) is 31.9 Å². The molecule has 3 heterocycles. The van der Waals surface area contributed by atoms with Gasteiger partial charge < -0.3 is 15.5 Å². The zero-order valence-corrected chi connectivity index (χ0v) is 15.4. The third-order valence-electron chi connectivity index (χ3n) is 4.31. The molecule has 1 amide bonds. The molecule has 0 radical (unpaired) electrons. The van der Waals surface area contributed by atoms with Crippen molar-refractivity contribution in [3.05, 3.63) is 59.2 Å². The highest BCUT2D eigenvalue weighted by atomic mass is 32.1. The summed E-state index contributed by atoms with van der Waals surface area (Å²) in [5.74, 6) is 0.664. The molecular formula is C18H19N7OS. The van der Waals surface area contributed by atoms with Crippen LogP contribution >= 0.6 is 11.3 Å². The van der Waals surface area contributed by atoms with Gasteiger partial charge in [0.25, 0.3) is 5.91 Å². The Hall–Kier alpha value is -3.07. The van der Waals surface area contributed by atoms with Gasteiger partial charge in [-0.2, -0.15) is 5.10 Å². The summed E-state index contributed by atoms with van der Waals surface area (Å²) in [4.78, 5) is 14.4. The molecular weight excluding hydrogens is 362 g/mol. The zero-order valence-electron chi connectivity index (χ0n) is 14.6. The lowest BCUT2D eigenvalue weighted by molar-refractivity contribution is 0.0950. The highest BCUT2D eigenvalue weighted by Crippen LogP contribution is 2.22. The Morgan fingerprint density at radius 3 is 2.85 bits per heavy atom.